The normalized spacial score (nSPS) is 11.5. The van der Waals surface area contributed by atoms with Gasteiger partial charge in [-0.2, -0.15) is 0 Å². The number of ether oxygens (including phenoxy) is 2. The summed E-state index contributed by atoms with van der Waals surface area (Å²) in [6.45, 7) is 1.07. The molecule has 0 saturated heterocycles. The summed E-state index contributed by atoms with van der Waals surface area (Å²) in [7, 11) is 0. The Morgan fingerprint density at radius 3 is 2.36 bits per heavy atom. The lowest BCUT2D eigenvalue weighted by Crippen LogP contribution is -2.31. The van der Waals surface area contributed by atoms with Crippen molar-refractivity contribution in [1.29, 1.82) is 0 Å². The minimum absolute atomic E-state index is 0.354. The van der Waals surface area contributed by atoms with Crippen LogP contribution >= 0.6 is 34.8 Å². The third-order valence-electron chi connectivity index (χ3n) is 2.99. The van der Waals surface area contributed by atoms with Gasteiger partial charge in [-0.25, -0.2) is 4.79 Å². The fourth-order valence-electron chi connectivity index (χ4n) is 1.85. The molecular formula is C17H14Cl3NO4. The number of hydrogen-bond donors (Lipinski definition) is 1. The Hall–Kier alpha value is -1.95. The molecule has 25 heavy (non-hydrogen) atoms. The van der Waals surface area contributed by atoms with Gasteiger partial charge < -0.3 is 14.8 Å². The van der Waals surface area contributed by atoms with Crippen molar-refractivity contribution in [3.63, 3.8) is 0 Å². The lowest BCUT2D eigenvalue weighted by atomic mass is 10.3. The van der Waals surface area contributed by atoms with Crippen LogP contribution in [0.3, 0.4) is 0 Å². The van der Waals surface area contributed by atoms with Crippen LogP contribution in [0.4, 0.5) is 5.69 Å². The van der Waals surface area contributed by atoms with Crippen molar-refractivity contribution in [3.05, 3.63) is 57.5 Å². The van der Waals surface area contributed by atoms with Gasteiger partial charge in [-0.1, -0.05) is 46.9 Å². The predicted molar refractivity (Wildman–Crippen MR) is 97.6 cm³/mol. The Morgan fingerprint density at radius 1 is 1.08 bits per heavy atom. The van der Waals surface area contributed by atoms with Gasteiger partial charge in [0.15, 0.2) is 12.7 Å². The quantitative estimate of drug-likeness (QED) is 0.717. The summed E-state index contributed by atoms with van der Waals surface area (Å²) in [6, 6.07) is 11.3. The maximum Gasteiger partial charge on any atom is 0.344 e. The molecule has 5 nitrogen and oxygen atoms in total. The highest BCUT2D eigenvalue weighted by Crippen LogP contribution is 2.23. The van der Waals surface area contributed by atoms with Gasteiger partial charge >= 0.3 is 5.97 Å². The molecule has 0 aromatic heterocycles. The first-order valence-electron chi connectivity index (χ1n) is 7.19. The molecule has 1 atom stereocenters. The monoisotopic (exact) mass is 401 g/mol. The second-order valence-corrected chi connectivity index (χ2v) is 6.28. The first-order chi connectivity index (χ1) is 11.8. The zero-order valence-electron chi connectivity index (χ0n) is 13.1. The highest BCUT2D eigenvalue weighted by atomic mass is 35.5. The number of rotatable bonds is 6. The fraction of sp³-hybridized carbons (Fsp3) is 0.176. The lowest BCUT2D eigenvalue weighted by molar-refractivity contribution is -0.155. The van der Waals surface area contributed by atoms with E-state index in [2.05, 4.69) is 5.32 Å². The van der Waals surface area contributed by atoms with Crippen LogP contribution in [0.1, 0.15) is 6.92 Å². The standard InChI is InChI=1S/C17H14Cl3NO4/c1-10(17(23)21-13-7-11(18)6-12(19)8-13)25-16(22)9-24-15-5-3-2-4-14(15)20/h2-8,10H,9H2,1H3,(H,21,23). The van der Waals surface area contributed by atoms with Crippen molar-refractivity contribution in [2.45, 2.75) is 13.0 Å². The molecule has 2 aromatic rings. The first-order valence-corrected chi connectivity index (χ1v) is 8.32. The van der Waals surface area contributed by atoms with Crippen LogP contribution in [0.15, 0.2) is 42.5 Å². The van der Waals surface area contributed by atoms with Crippen molar-refractivity contribution >= 4 is 52.4 Å². The molecular weight excluding hydrogens is 389 g/mol. The topological polar surface area (TPSA) is 64.6 Å². The number of para-hydroxylation sites is 1. The van der Waals surface area contributed by atoms with Crippen LogP contribution in [0.2, 0.25) is 15.1 Å². The highest BCUT2D eigenvalue weighted by Gasteiger charge is 2.19. The fourth-order valence-corrected chi connectivity index (χ4v) is 2.57. The van der Waals surface area contributed by atoms with E-state index in [1.54, 1.807) is 24.3 Å². The molecule has 0 aliphatic heterocycles. The number of carbonyl (C=O) groups excluding carboxylic acids is 2. The number of amides is 1. The van der Waals surface area contributed by atoms with Crippen LogP contribution in [0, 0.1) is 0 Å². The molecule has 1 unspecified atom stereocenters. The molecule has 0 spiro atoms. The number of halogens is 3. The van der Waals surface area contributed by atoms with Gasteiger partial charge in [0, 0.05) is 15.7 Å². The van der Waals surface area contributed by atoms with E-state index >= 15 is 0 Å². The van der Waals surface area contributed by atoms with Crippen molar-refractivity contribution in [3.8, 4) is 5.75 Å². The highest BCUT2D eigenvalue weighted by molar-refractivity contribution is 6.35. The Labute approximate surface area is 159 Å². The second-order valence-electron chi connectivity index (χ2n) is 5.00. The molecule has 1 amide bonds. The summed E-state index contributed by atoms with van der Waals surface area (Å²) in [6.07, 6.45) is -1.03. The molecule has 0 bridgehead atoms. The SMILES string of the molecule is CC(OC(=O)COc1ccccc1Cl)C(=O)Nc1cc(Cl)cc(Cl)c1. The summed E-state index contributed by atoms with van der Waals surface area (Å²) in [5.74, 6) is -0.872. The summed E-state index contributed by atoms with van der Waals surface area (Å²) in [5.41, 5.74) is 0.401. The Kier molecular flexibility index (Phi) is 6.93. The van der Waals surface area contributed by atoms with Crippen LogP contribution < -0.4 is 10.1 Å². The molecule has 0 heterocycles. The van der Waals surface area contributed by atoms with E-state index in [0.717, 1.165) is 0 Å². The maximum absolute atomic E-state index is 12.1. The van der Waals surface area contributed by atoms with Crippen LogP contribution in [-0.2, 0) is 14.3 Å². The van der Waals surface area contributed by atoms with Gasteiger partial charge in [-0.3, -0.25) is 4.79 Å². The number of carbonyl (C=O) groups is 2. The summed E-state index contributed by atoms with van der Waals surface area (Å²) in [4.78, 5) is 23.9. The molecule has 0 aliphatic carbocycles. The van der Waals surface area contributed by atoms with Crippen molar-refractivity contribution in [2.24, 2.45) is 0 Å². The Balaban J connectivity index is 1.85. The predicted octanol–water partition coefficient (Wildman–Crippen LogP) is 4.60. The van der Waals surface area contributed by atoms with Crippen LogP contribution in [0.5, 0.6) is 5.75 Å². The van der Waals surface area contributed by atoms with E-state index in [1.807, 2.05) is 0 Å². The number of nitrogens with one attached hydrogen (secondary N) is 1. The average molecular weight is 403 g/mol. The molecule has 0 aliphatic rings. The molecule has 0 radical (unpaired) electrons. The number of anilines is 1. The molecule has 0 saturated carbocycles. The van der Waals surface area contributed by atoms with E-state index in [1.165, 1.54) is 25.1 Å². The number of esters is 1. The molecule has 8 heteroatoms. The molecule has 0 fully saturated rings. The van der Waals surface area contributed by atoms with Crippen molar-refractivity contribution in [2.75, 3.05) is 11.9 Å². The third kappa shape index (κ3) is 6.12. The van der Waals surface area contributed by atoms with Gasteiger partial charge in [0.05, 0.1) is 5.02 Å². The van der Waals surface area contributed by atoms with Crippen LogP contribution in [-0.4, -0.2) is 24.6 Å². The van der Waals surface area contributed by atoms with Gasteiger partial charge in [-0.15, -0.1) is 0 Å². The van der Waals surface area contributed by atoms with Gasteiger partial charge in [0.1, 0.15) is 5.75 Å². The van der Waals surface area contributed by atoms with Gasteiger partial charge in [0.25, 0.3) is 5.91 Å². The number of hydrogen-bond acceptors (Lipinski definition) is 4. The smallest absolute Gasteiger partial charge is 0.344 e. The second kappa shape index (κ2) is 8.94. The third-order valence-corrected chi connectivity index (χ3v) is 3.74. The van der Waals surface area contributed by atoms with Crippen LogP contribution in [0.25, 0.3) is 0 Å². The van der Waals surface area contributed by atoms with E-state index in [4.69, 9.17) is 44.3 Å². The lowest BCUT2D eigenvalue weighted by Gasteiger charge is -2.14. The maximum atomic E-state index is 12.1. The molecule has 1 N–H and O–H groups in total. The first kappa shape index (κ1) is 19.4. The Morgan fingerprint density at radius 2 is 1.72 bits per heavy atom. The zero-order chi connectivity index (χ0) is 18.4. The van der Waals surface area contributed by atoms with Gasteiger partial charge in [-0.05, 0) is 37.3 Å². The minimum atomic E-state index is -1.03. The average Bonchev–Trinajstić information content (AvgIpc) is 2.53. The molecule has 2 rings (SSSR count). The summed E-state index contributed by atoms with van der Waals surface area (Å²) >= 11 is 17.6. The Bertz CT molecular complexity index is 762. The summed E-state index contributed by atoms with van der Waals surface area (Å²) in [5, 5.41) is 3.69. The molecule has 132 valence electrons. The zero-order valence-corrected chi connectivity index (χ0v) is 15.4. The summed E-state index contributed by atoms with van der Waals surface area (Å²) < 4.78 is 10.3. The number of benzene rings is 2. The minimum Gasteiger partial charge on any atom is -0.480 e. The van der Waals surface area contributed by atoms with Crippen molar-refractivity contribution < 1.29 is 19.1 Å². The largest absolute Gasteiger partial charge is 0.480 e. The van der Waals surface area contributed by atoms with Gasteiger partial charge in [0.2, 0.25) is 0 Å². The van der Waals surface area contributed by atoms with E-state index in [9.17, 15) is 9.59 Å². The van der Waals surface area contributed by atoms with E-state index in [-0.39, 0.29) is 6.61 Å². The van der Waals surface area contributed by atoms with E-state index in [0.29, 0.717) is 26.5 Å². The molecule has 2 aromatic carbocycles. The van der Waals surface area contributed by atoms with Crippen molar-refractivity contribution in [1.82, 2.24) is 0 Å². The van der Waals surface area contributed by atoms with E-state index < -0.39 is 18.0 Å².